The number of hydrogen-bond acceptors (Lipinski definition) is 1. The smallest absolute Gasteiger partial charge is 0.692 e. The second-order valence-corrected chi connectivity index (χ2v) is 6.76. The molecular weight excluding hydrogens is 298 g/mol. The van der Waals surface area contributed by atoms with Crippen LogP contribution in [0.3, 0.4) is 0 Å². The van der Waals surface area contributed by atoms with Crippen LogP contribution in [0.2, 0.25) is 0 Å². The van der Waals surface area contributed by atoms with Crippen molar-refractivity contribution in [3.63, 3.8) is 0 Å². The molecule has 0 unspecified atom stereocenters. The highest BCUT2D eigenvalue weighted by Crippen LogP contribution is 2.37. The summed E-state index contributed by atoms with van der Waals surface area (Å²) in [6.07, 6.45) is 8.88. The van der Waals surface area contributed by atoms with Gasteiger partial charge in [-0.15, -0.1) is 9.79 Å². The van der Waals surface area contributed by atoms with Crippen molar-refractivity contribution in [2.75, 3.05) is 18.5 Å². The highest BCUT2D eigenvalue weighted by Gasteiger charge is 2.10. The van der Waals surface area contributed by atoms with Crippen molar-refractivity contribution in [2.45, 2.75) is 40.0 Å². The molecule has 3 nitrogen and oxygen atoms in total. The number of hydrogen-bond donors (Lipinski definition) is 2. The fraction of sp³-hybridized carbons (Fsp3) is 1.00. The van der Waals surface area contributed by atoms with Crippen LogP contribution < -0.4 is 17.0 Å². The van der Waals surface area contributed by atoms with Gasteiger partial charge in [0.1, 0.15) is 0 Å². The summed E-state index contributed by atoms with van der Waals surface area (Å²) in [6.45, 7) is 6.95. The van der Waals surface area contributed by atoms with E-state index in [2.05, 4.69) is 20.8 Å². The van der Waals surface area contributed by atoms with Gasteiger partial charge in [-0.1, -0.05) is 20.8 Å². The molecule has 2 N–H and O–H groups in total. The lowest BCUT2D eigenvalue weighted by Crippen LogP contribution is -3.00. The number of rotatable bonds is 6. The lowest BCUT2D eigenvalue weighted by atomic mass is 10.6. The van der Waals surface area contributed by atoms with Crippen LogP contribution in [0, 0.1) is 0 Å². The summed E-state index contributed by atoms with van der Waals surface area (Å²) < 4.78 is 8.70. The van der Waals surface area contributed by atoms with E-state index in [9.17, 15) is 0 Å². The average Bonchev–Trinajstić information content (AvgIpc) is 2.04. The lowest BCUT2D eigenvalue weighted by Gasteiger charge is -2.05. The highest BCUT2D eigenvalue weighted by atomic mass is 79.9. The van der Waals surface area contributed by atoms with Crippen LogP contribution >= 0.6 is 16.2 Å². The van der Waals surface area contributed by atoms with E-state index >= 15 is 0 Å². The molecule has 0 atom stereocenters. The molecule has 0 amide bonds. The van der Waals surface area contributed by atoms with Gasteiger partial charge in [0.05, 0.1) is 18.5 Å². The first-order valence-corrected chi connectivity index (χ1v) is 8.55. The maximum Gasteiger partial charge on any atom is 0.692 e. The van der Waals surface area contributed by atoms with Crippen LogP contribution in [0.4, 0.5) is 0 Å². The predicted octanol–water partition coefficient (Wildman–Crippen LogP) is 0.0630. The van der Waals surface area contributed by atoms with Crippen LogP contribution in [-0.2, 0) is 4.57 Å². The van der Waals surface area contributed by atoms with Gasteiger partial charge >= 0.3 is 8.25 Å². The fourth-order valence-electron chi connectivity index (χ4n) is 1.44. The first kappa shape index (κ1) is 21.2. The Morgan fingerprint density at radius 2 is 1.13 bits per heavy atom. The van der Waals surface area contributed by atoms with Crippen molar-refractivity contribution in [2.24, 2.45) is 0 Å². The fourth-order valence-corrected chi connectivity index (χ4v) is 4.31. The summed E-state index contributed by atoms with van der Waals surface area (Å²) in [5.74, 6) is 0. The maximum atomic E-state index is 8.70. The Balaban J connectivity index is -0.000000249. The van der Waals surface area contributed by atoms with Crippen LogP contribution in [0.5, 0.6) is 0 Å². The average molecular weight is 322 g/mol. The molecule has 0 aromatic carbocycles. The first-order chi connectivity index (χ1) is 6.58. The molecule has 0 fully saturated rings. The Kier molecular flexibility index (Phi) is 24.5. The Morgan fingerprint density at radius 3 is 1.27 bits per heavy atom. The van der Waals surface area contributed by atoms with Gasteiger partial charge in [-0.05, 0) is 19.3 Å². The van der Waals surface area contributed by atoms with Gasteiger partial charge in [0, 0.05) is 12.5 Å². The van der Waals surface area contributed by atoms with Gasteiger partial charge in [-0.25, -0.2) is 0 Å². The zero-order chi connectivity index (χ0) is 11.4. The van der Waals surface area contributed by atoms with E-state index in [0.717, 1.165) is 0 Å². The Morgan fingerprint density at radius 1 is 0.933 bits per heavy atom. The minimum Gasteiger partial charge on any atom is -1.00 e. The molecule has 0 saturated heterocycles. The molecule has 0 aliphatic carbocycles. The van der Waals surface area contributed by atoms with E-state index in [1.165, 1.54) is 19.3 Å². The quantitative estimate of drug-likeness (QED) is 0.680. The molecule has 15 heavy (non-hydrogen) atoms. The molecule has 0 heterocycles. The second kappa shape index (κ2) is 17.3. The maximum absolute atomic E-state index is 8.70. The van der Waals surface area contributed by atoms with Gasteiger partial charge in [0.25, 0.3) is 0 Å². The molecule has 0 aliphatic rings. The Bertz CT molecular complexity index is 118. The van der Waals surface area contributed by atoms with Gasteiger partial charge in [-0.2, -0.15) is 0 Å². The van der Waals surface area contributed by atoms with Crippen LogP contribution in [0.25, 0.3) is 0 Å². The molecule has 0 rings (SSSR count). The molecular formula is C9H24BrO3P2+. The van der Waals surface area contributed by atoms with E-state index in [0.29, 0.717) is 0 Å². The summed E-state index contributed by atoms with van der Waals surface area (Å²) in [7, 11) is -2.77. The summed E-state index contributed by atoms with van der Waals surface area (Å²) in [5.41, 5.74) is 0. The molecule has 0 aliphatic heterocycles. The van der Waals surface area contributed by atoms with Crippen molar-refractivity contribution in [1.82, 2.24) is 0 Å². The standard InChI is InChI=1S/C9H21P.BrH.HO3P/c1-4-7-10(8-5-2)9-6-3;;1-4(2)3/h4-9H2,1-3H3;1H;(H-,1,2,3)/p+1. The van der Waals surface area contributed by atoms with Crippen molar-refractivity contribution in [1.29, 1.82) is 0 Å². The minimum atomic E-state index is -2.87. The molecule has 0 bridgehead atoms. The number of halogens is 1. The predicted molar refractivity (Wildman–Crippen MR) is 65.8 cm³/mol. The summed E-state index contributed by atoms with van der Waals surface area (Å²) in [5, 5.41) is 0. The highest BCUT2D eigenvalue weighted by molar-refractivity contribution is 7.57. The van der Waals surface area contributed by atoms with Crippen molar-refractivity contribution < 1.29 is 31.3 Å². The Labute approximate surface area is 106 Å². The van der Waals surface area contributed by atoms with E-state index in [1.807, 2.05) is 0 Å². The first-order valence-electron chi connectivity index (χ1n) is 5.26. The summed E-state index contributed by atoms with van der Waals surface area (Å²) >= 11 is 0. The molecule has 0 radical (unpaired) electrons. The molecule has 6 heteroatoms. The second-order valence-electron chi connectivity index (χ2n) is 3.25. The van der Waals surface area contributed by atoms with Crippen LogP contribution in [-0.4, -0.2) is 28.3 Å². The molecule has 0 aromatic rings. The minimum absolute atomic E-state index is 0. The van der Waals surface area contributed by atoms with Gasteiger partial charge < -0.3 is 17.0 Å². The monoisotopic (exact) mass is 321 g/mol. The lowest BCUT2D eigenvalue weighted by molar-refractivity contribution is -0.00000782. The third-order valence-electron chi connectivity index (χ3n) is 1.81. The van der Waals surface area contributed by atoms with Crippen LogP contribution in [0.1, 0.15) is 40.0 Å². The normalized spacial score (nSPS) is 8.93. The third kappa shape index (κ3) is 25.3. The SMILES string of the molecule is CCC[PH+](CCC)CCC.O=[P+](O)O.[Br-]. The van der Waals surface area contributed by atoms with Gasteiger partial charge in [0.2, 0.25) is 0 Å². The van der Waals surface area contributed by atoms with Crippen molar-refractivity contribution >= 4 is 16.2 Å². The van der Waals surface area contributed by atoms with Gasteiger partial charge in [0.15, 0.2) is 0 Å². The molecule has 0 saturated carbocycles. The molecule has 94 valence electrons. The largest absolute Gasteiger partial charge is 1.00 e. The Hall–Kier alpha value is 0.930. The van der Waals surface area contributed by atoms with E-state index in [1.54, 1.807) is 18.5 Å². The third-order valence-corrected chi connectivity index (χ3v) is 5.43. The molecule has 0 spiro atoms. The topological polar surface area (TPSA) is 57.5 Å². The van der Waals surface area contributed by atoms with Crippen molar-refractivity contribution in [3.05, 3.63) is 0 Å². The van der Waals surface area contributed by atoms with E-state index in [4.69, 9.17) is 14.4 Å². The van der Waals surface area contributed by atoms with Crippen molar-refractivity contribution in [3.8, 4) is 0 Å². The zero-order valence-electron chi connectivity index (χ0n) is 9.87. The molecule has 0 aromatic heterocycles. The zero-order valence-corrected chi connectivity index (χ0v) is 13.4. The van der Waals surface area contributed by atoms with E-state index in [-0.39, 0.29) is 24.9 Å². The van der Waals surface area contributed by atoms with Crippen LogP contribution in [0.15, 0.2) is 0 Å². The summed E-state index contributed by atoms with van der Waals surface area (Å²) in [6, 6.07) is 0. The van der Waals surface area contributed by atoms with Gasteiger partial charge in [-0.3, -0.25) is 0 Å². The summed E-state index contributed by atoms with van der Waals surface area (Å²) in [4.78, 5) is 14.2. The van der Waals surface area contributed by atoms with E-state index < -0.39 is 8.25 Å².